The molecule has 1 N–H and O–H groups in total. The Morgan fingerprint density at radius 2 is 1.67 bits per heavy atom. The van der Waals surface area contributed by atoms with E-state index >= 15 is 0 Å². The van der Waals surface area contributed by atoms with Gasteiger partial charge in [-0.3, -0.25) is 4.79 Å². The first-order valence-corrected chi connectivity index (χ1v) is 9.48. The predicted molar refractivity (Wildman–Crippen MR) is 112 cm³/mol. The SMILES string of the molecule is CCCN(CCC)c1ccc(/C=N/NC(=O)COc2ccc(C)cc2)cc1. The number of carbonyl (C=O) groups is 1. The minimum Gasteiger partial charge on any atom is -0.484 e. The van der Waals surface area contributed by atoms with Crippen molar-refractivity contribution in [3.8, 4) is 5.75 Å². The highest BCUT2D eigenvalue weighted by Gasteiger charge is 2.04. The number of benzene rings is 2. The van der Waals surface area contributed by atoms with Crippen LogP contribution in [0.4, 0.5) is 5.69 Å². The molecule has 0 fully saturated rings. The molecule has 0 radical (unpaired) electrons. The fourth-order valence-corrected chi connectivity index (χ4v) is 2.68. The van der Waals surface area contributed by atoms with Crippen molar-refractivity contribution in [2.75, 3.05) is 24.6 Å². The van der Waals surface area contributed by atoms with Gasteiger partial charge in [-0.05, 0) is 49.6 Å². The van der Waals surface area contributed by atoms with E-state index in [4.69, 9.17) is 4.74 Å². The molecule has 2 rings (SSSR count). The Morgan fingerprint density at radius 3 is 2.26 bits per heavy atom. The molecule has 0 heterocycles. The van der Waals surface area contributed by atoms with Crippen molar-refractivity contribution in [2.24, 2.45) is 5.10 Å². The van der Waals surface area contributed by atoms with Crippen molar-refractivity contribution in [2.45, 2.75) is 33.6 Å². The van der Waals surface area contributed by atoms with Gasteiger partial charge in [0.05, 0.1) is 6.21 Å². The second kappa shape index (κ2) is 11.0. The first kappa shape index (κ1) is 20.5. The number of hydrogen-bond acceptors (Lipinski definition) is 4. The van der Waals surface area contributed by atoms with Crippen LogP contribution in [0.25, 0.3) is 0 Å². The maximum atomic E-state index is 11.8. The van der Waals surface area contributed by atoms with E-state index in [1.54, 1.807) is 6.21 Å². The summed E-state index contributed by atoms with van der Waals surface area (Å²) in [6.45, 7) is 8.42. The van der Waals surface area contributed by atoms with E-state index in [1.165, 1.54) is 5.69 Å². The number of aryl methyl sites for hydroxylation is 1. The lowest BCUT2D eigenvalue weighted by Gasteiger charge is -2.23. The van der Waals surface area contributed by atoms with E-state index in [-0.39, 0.29) is 12.5 Å². The molecular formula is C22H29N3O2. The molecule has 2 aromatic carbocycles. The normalized spacial score (nSPS) is 10.8. The molecule has 5 heteroatoms. The maximum absolute atomic E-state index is 11.8. The third kappa shape index (κ3) is 7.13. The van der Waals surface area contributed by atoms with E-state index in [1.807, 2.05) is 43.3 Å². The van der Waals surface area contributed by atoms with Gasteiger partial charge in [-0.2, -0.15) is 5.10 Å². The number of amides is 1. The second-order valence-electron chi connectivity index (χ2n) is 6.47. The predicted octanol–water partition coefficient (Wildman–Crippen LogP) is 4.15. The molecule has 2 aromatic rings. The Balaban J connectivity index is 1.81. The number of hydrogen-bond donors (Lipinski definition) is 1. The lowest BCUT2D eigenvalue weighted by Crippen LogP contribution is -2.25. The van der Waals surface area contributed by atoms with Crippen LogP contribution in [0.1, 0.15) is 37.8 Å². The third-order valence-electron chi connectivity index (χ3n) is 4.04. The maximum Gasteiger partial charge on any atom is 0.277 e. The molecule has 0 saturated heterocycles. The molecule has 0 aromatic heterocycles. The molecule has 27 heavy (non-hydrogen) atoms. The zero-order chi connectivity index (χ0) is 19.5. The summed E-state index contributed by atoms with van der Waals surface area (Å²) in [4.78, 5) is 14.2. The molecule has 144 valence electrons. The van der Waals surface area contributed by atoms with Crippen LogP contribution in [-0.2, 0) is 4.79 Å². The first-order chi connectivity index (χ1) is 13.1. The van der Waals surface area contributed by atoms with Crippen molar-refractivity contribution in [3.63, 3.8) is 0 Å². The van der Waals surface area contributed by atoms with Crippen molar-refractivity contribution in [1.29, 1.82) is 0 Å². The summed E-state index contributed by atoms with van der Waals surface area (Å²) in [5.41, 5.74) is 5.78. The number of ether oxygens (including phenoxy) is 1. The van der Waals surface area contributed by atoms with Crippen molar-refractivity contribution in [1.82, 2.24) is 5.43 Å². The van der Waals surface area contributed by atoms with E-state index in [9.17, 15) is 4.79 Å². The summed E-state index contributed by atoms with van der Waals surface area (Å²) < 4.78 is 5.42. The van der Waals surface area contributed by atoms with Crippen LogP contribution >= 0.6 is 0 Å². The quantitative estimate of drug-likeness (QED) is 0.507. The highest BCUT2D eigenvalue weighted by Crippen LogP contribution is 2.15. The minimum atomic E-state index is -0.291. The van der Waals surface area contributed by atoms with Crippen LogP contribution in [0, 0.1) is 6.92 Å². The average molecular weight is 367 g/mol. The van der Waals surface area contributed by atoms with Crippen LogP contribution in [0.5, 0.6) is 5.75 Å². The van der Waals surface area contributed by atoms with E-state index < -0.39 is 0 Å². The van der Waals surface area contributed by atoms with Gasteiger partial charge >= 0.3 is 0 Å². The van der Waals surface area contributed by atoms with Gasteiger partial charge in [0.2, 0.25) is 0 Å². The van der Waals surface area contributed by atoms with Gasteiger partial charge in [0.1, 0.15) is 5.75 Å². The monoisotopic (exact) mass is 367 g/mol. The second-order valence-corrected chi connectivity index (χ2v) is 6.47. The van der Waals surface area contributed by atoms with Gasteiger partial charge in [-0.1, -0.05) is 43.7 Å². The van der Waals surface area contributed by atoms with Crippen LogP contribution in [-0.4, -0.2) is 31.8 Å². The fourth-order valence-electron chi connectivity index (χ4n) is 2.68. The van der Waals surface area contributed by atoms with Crippen LogP contribution in [0.15, 0.2) is 53.6 Å². The Labute approximate surface area is 162 Å². The molecule has 0 saturated carbocycles. The molecule has 0 spiro atoms. The number of nitrogens with zero attached hydrogens (tertiary/aromatic N) is 2. The van der Waals surface area contributed by atoms with Gasteiger partial charge in [0, 0.05) is 18.8 Å². The van der Waals surface area contributed by atoms with E-state index in [2.05, 4.69) is 41.4 Å². The molecule has 0 unspecified atom stereocenters. The molecule has 0 bridgehead atoms. The Kier molecular flexibility index (Phi) is 8.36. The molecule has 5 nitrogen and oxygen atoms in total. The number of nitrogens with one attached hydrogen (secondary N) is 1. The molecule has 0 aliphatic carbocycles. The summed E-state index contributed by atoms with van der Waals surface area (Å²) in [7, 11) is 0. The van der Waals surface area contributed by atoms with Crippen LogP contribution in [0.3, 0.4) is 0 Å². The smallest absolute Gasteiger partial charge is 0.277 e. The molecule has 0 aliphatic rings. The van der Waals surface area contributed by atoms with Gasteiger partial charge < -0.3 is 9.64 Å². The minimum absolute atomic E-state index is 0.0671. The van der Waals surface area contributed by atoms with Crippen molar-refractivity contribution >= 4 is 17.8 Å². The molecule has 0 atom stereocenters. The molecule has 1 amide bonds. The van der Waals surface area contributed by atoms with Gasteiger partial charge in [0.25, 0.3) is 5.91 Å². The van der Waals surface area contributed by atoms with E-state index in [0.29, 0.717) is 5.75 Å². The summed E-state index contributed by atoms with van der Waals surface area (Å²) in [6, 6.07) is 15.8. The topological polar surface area (TPSA) is 53.9 Å². The summed E-state index contributed by atoms with van der Waals surface area (Å²) in [5, 5.41) is 4.00. The Morgan fingerprint density at radius 1 is 1.04 bits per heavy atom. The standard InChI is InChI=1S/C22H29N3O2/c1-4-14-25(15-5-2)20-10-8-19(9-11-20)16-23-24-22(26)17-27-21-12-6-18(3)7-13-21/h6-13,16H,4-5,14-15,17H2,1-3H3,(H,24,26)/b23-16+. The summed E-state index contributed by atoms with van der Waals surface area (Å²) in [5.74, 6) is 0.375. The average Bonchev–Trinajstić information content (AvgIpc) is 2.68. The lowest BCUT2D eigenvalue weighted by atomic mass is 10.2. The zero-order valence-corrected chi connectivity index (χ0v) is 16.4. The third-order valence-corrected chi connectivity index (χ3v) is 4.04. The van der Waals surface area contributed by atoms with Crippen LogP contribution < -0.4 is 15.1 Å². The lowest BCUT2D eigenvalue weighted by molar-refractivity contribution is -0.123. The first-order valence-electron chi connectivity index (χ1n) is 9.48. The van der Waals surface area contributed by atoms with Crippen molar-refractivity contribution < 1.29 is 9.53 Å². The largest absolute Gasteiger partial charge is 0.484 e. The Hall–Kier alpha value is -2.82. The van der Waals surface area contributed by atoms with E-state index in [0.717, 1.165) is 37.1 Å². The van der Waals surface area contributed by atoms with Crippen molar-refractivity contribution in [3.05, 3.63) is 59.7 Å². The summed E-state index contributed by atoms with van der Waals surface area (Å²) >= 11 is 0. The molecular weight excluding hydrogens is 338 g/mol. The number of rotatable bonds is 10. The van der Waals surface area contributed by atoms with Crippen LogP contribution in [0.2, 0.25) is 0 Å². The number of hydrazone groups is 1. The highest BCUT2D eigenvalue weighted by atomic mass is 16.5. The Bertz CT molecular complexity index is 718. The van der Waals surface area contributed by atoms with Gasteiger partial charge in [0.15, 0.2) is 6.61 Å². The van der Waals surface area contributed by atoms with Gasteiger partial charge in [-0.25, -0.2) is 5.43 Å². The number of carbonyl (C=O) groups excluding carboxylic acids is 1. The summed E-state index contributed by atoms with van der Waals surface area (Å²) in [6.07, 6.45) is 3.89. The fraction of sp³-hybridized carbons (Fsp3) is 0.364. The zero-order valence-electron chi connectivity index (χ0n) is 16.4. The number of anilines is 1. The van der Waals surface area contributed by atoms with Gasteiger partial charge in [-0.15, -0.1) is 0 Å². The molecule has 0 aliphatic heterocycles. The highest BCUT2D eigenvalue weighted by molar-refractivity contribution is 5.83.